The van der Waals surface area contributed by atoms with Crippen LogP contribution in [-0.2, 0) is 27.2 Å². The number of phenolic OH excluding ortho intramolecular Hbond substituents is 1. The van der Waals surface area contributed by atoms with Gasteiger partial charge in [0.25, 0.3) is 0 Å². The van der Waals surface area contributed by atoms with Gasteiger partial charge in [0.05, 0.1) is 16.6 Å². The summed E-state index contributed by atoms with van der Waals surface area (Å²) < 4.78 is 1.99. The molecule has 7 rings (SSSR count). The molecule has 217 valence electrons. The molecule has 0 atom stereocenters. The van der Waals surface area contributed by atoms with Crippen molar-refractivity contribution in [3.05, 3.63) is 126 Å². The second-order valence-electron chi connectivity index (χ2n) is 11.2. The predicted molar refractivity (Wildman–Crippen MR) is 175 cm³/mol. The minimum Gasteiger partial charge on any atom is -0.507 e. The van der Waals surface area contributed by atoms with Gasteiger partial charge in [-0.15, -0.1) is 34.9 Å². The second-order valence-corrected chi connectivity index (χ2v) is 11.2. The summed E-state index contributed by atoms with van der Waals surface area (Å²) in [6.07, 6.45) is 1.92. The van der Waals surface area contributed by atoms with E-state index in [1.165, 1.54) is 32.7 Å². The number of imidazole rings is 1. The van der Waals surface area contributed by atoms with Crippen LogP contribution in [0.2, 0.25) is 0 Å². The maximum Gasteiger partial charge on any atom is 0.144 e. The molecule has 0 spiro atoms. The van der Waals surface area contributed by atoms with Gasteiger partial charge in [0.2, 0.25) is 0 Å². The summed E-state index contributed by atoms with van der Waals surface area (Å²) in [5.41, 5.74) is 8.61. The minimum atomic E-state index is 0. The molecule has 5 aromatic carbocycles. The van der Waals surface area contributed by atoms with Crippen LogP contribution in [0.15, 0.2) is 103 Å². The monoisotopic (exact) mass is 741 g/mol. The van der Waals surface area contributed by atoms with Crippen LogP contribution in [0, 0.1) is 19.9 Å². The van der Waals surface area contributed by atoms with Crippen molar-refractivity contribution in [3.63, 3.8) is 0 Å². The van der Waals surface area contributed by atoms with E-state index in [9.17, 15) is 5.11 Å². The van der Waals surface area contributed by atoms with Crippen LogP contribution in [0.3, 0.4) is 0 Å². The van der Waals surface area contributed by atoms with Crippen molar-refractivity contribution in [2.45, 2.75) is 33.6 Å². The smallest absolute Gasteiger partial charge is 0.144 e. The van der Waals surface area contributed by atoms with E-state index in [0.717, 1.165) is 39.2 Å². The van der Waals surface area contributed by atoms with Crippen molar-refractivity contribution in [3.8, 4) is 28.4 Å². The zero-order chi connectivity index (χ0) is 29.4. The molecule has 2 heterocycles. The van der Waals surface area contributed by atoms with Gasteiger partial charge in [0.15, 0.2) is 0 Å². The zero-order valence-electron chi connectivity index (χ0n) is 25.0. The third kappa shape index (κ3) is 5.97. The van der Waals surface area contributed by atoms with E-state index in [4.69, 9.17) is 0 Å². The number of phenols is 1. The van der Waals surface area contributed by atoms with Gasteiger partial charge in [0, 0.05) is 33.3 Å². The Morgan fingerprint density at radius 1 is 0.791 bits per heavy atom. The van der Waals surface area contributed by atoms with Gasteiger partial charge in [-0.25, -0.2) is 4.98 Å². The molecule has 7 aromatic rings. The number of aromatic nitrogens is 3. The molecular formula is C38H34IrN3O-. The maximum absolute atomic E-state index is 9.86. The molecule has 0 aliphatic rings. The van der Waals surface area contributed by atoms with E-state index in [2.05, 4.69) is 92.3 Å². The van der Waals surface area contributed by atoms with E-state index in [1.807, 2.05) is 60.3 Å². The van der Waals surface area contributed by atoms with Gasteiger partial charge in [-0.1, -0.05) is 82.3 Å². The molecule has 0 aliphatic heterocycles. The number of aromatic hydroxyl groups is 1. The maximum atomic E-state index is 9.86. The molecule has 0 saturated carbocycles. The van der Waals surface area contributed by atoms with Crippen LogP contribution in [0.4, 0.5) is 0 Å². The number of hydrogen-bond acceptors (Lipinski definition) is 3. The number of hydrogen-bond donors (Lipinski definition) is 1. The first-order chi connectivity index (χ1) is 20.3. The summed E-state index contributed by atoms with van der Waals surface area (Å²) in [7, 11) is 1.96. The number of fused-ring (bicyclic) bond motifs is 4. The number of aryl methyl sites for hydroxylation is 3. The van der Waals surface area contributed by atoms with Gasteiger partial charge >= 0.3 is 0 Å². The van der Waals surface area contributed by atoms with Crippen molar-refractivity contribution < 1.29 is 25.2 Å². The van der Waals surface area contributed by atoms with Crippen LogP contribution < -0.4 is 0 Å². The Hall–Kier alpha value is -4.31. The fourth-order valence-corrected chi connectivity index (χ4v) is 5.66. The van der Waals surface area contributed by atoms with Crippen molar-refractivity contribution in [1.29, 1.82) is 0 Å². The number of benzene rings is 5. The third-order valence-corrected chi connectivity index (χ3v) is 7.79. The Balaban J connectivity index is 0.000000179. The first-order valence-electron chi connectivity index (χ1n) is 14.3. The number of para-hydroxylation sites is 3. The Kier molecular flexibility index (Phi) is 8.77. The molecule has 1 N–H and O–H groups in total. The van der Waals surface area contributed by atoms with Gasteiger partial charge in [-0.2, -0.15) is 0 Å². The summed E-state index contributed by atoms with van der Waals surface area (Å²) in [6.45, 7) is 8.68. The normalized spacial score (nSPS) is 11.0. The summed E-state index contributed by atoms with van der Waals surface area (Å²) in [6, 6.07) is 36.3. The zero-order valence-corrected chi connectivity index (χ0v) is 27.4. The molecule has 0 unspecified atom stereocenters. The Morgan fingerprint density at radius 2 is 1.53 bits per heavy atom. The number of rotatable bonds is 3. The van der Waals surface area contributed by atoms with Gasteiger partial charge < -0.3 is 14.7 Å². The van der Waals surface area contributed by atoms with Crippen molar-refractivity contribution in [2.24, 2.45) is 7.05 Å². The molecule has 0 fully saturated rings. The average Bonchev–Trinajstić information content (AvgIpc) is 3.32. The summed E-state index contributed by atoms with van der Waals surface area (Å²) >= 11 is 0. The molecule has 0 aliphatic carbocycles. The van der Waals surface area contributed by atoms with E-state index in [1.54, 1.807) is 6.07 Å². The average molecular weight is 741 g/mol. The molecule has 1 radical (unpaired) electrons. The van der Waals surface area contributed by atoms with Gasteiger partial charge in [-0.3, -0.25) is 0 Å². The van der Waals surface area contributed by atoms with Crippen molar-refractivity contribution in [2.75, 3.05) is 0 Å². The molecule has 4 nitrogen and oxygen atoms in total. The minimum absolute atomic E-state index is 0. The second kappa shape index (κ2) is 12.5. The summed E-state index contributed by atoms with van der Waals surface area (Å²) in [4.78, 5) is 9.23. The predicted octanol–water partition coefficient (Wildman–Crippen LogP) is 9.54. The summed E-state index contributed by atoms with van der Waals surface area (Å²) in [5.74, 6) is 1.58. The Bertz CT molecular complexity index is 2060. The van der Waals surface area contributed by atoms with Crippen LogP contribution in [-0.4, -0.2) is 19.6 Å². The van der Waals surface area contributed by atoms with Gasteiger partial charge in [0.1, 0.15) is 11.6 Å². The molecule has 2 aromatic heterocycles. The quantitative estimate of drug-likeness (QED) is 0.145. The van der Waals surface area contributed by atoms with Crippen LogP contribution >= 0.6 is 0 Å². The molecule has 0 amide bonds. The van der Waals surface area contributed by atoms with Crippen LogP contribution in [0.25, 0.3) is 55.2 Å². The van der Waals surface area contributed by atoms with Crippen LogP contribution in [0.1, 0.15) is 36.5 Å². The largest absolute Gasteiger partial charge is 0.507 e. The SMILES string of the molecule is Cc1[c-]c(-c2nccc3c2ccc2cc(C(C)C)ccc23)cc(C)c1.Cn1c(-c2ccccc2O)nc2ccccc21.[Ir]. The number of nitrogens with zero attached hydrogens (tertiary/aromatic N) is 3. The molecule has 5 heteroatoms. The number of pyridine rings is 1. The molecule has 0 bridgehead atoms. The van der Waals surface area contributed by atoms with E-state index >= 15 is 0 Å². The Labute approximate surface area is 266 Å². The standard InChI is InChI=1S/C24H22N.C14H12N2O.Ir/c1-15(2)18-5-7-21-19(14-18)6-8-23-22(21)9-10-25-24(23)20-12-16(3)11-17(4)13-20;1-16-12-8-4-3-7-11(12)15-14(16)10-6-2-5-9-13(10)17;/h5-12,14-15H,1-4H3;2-9,17H,1H3;/q-1;;. The van der Waals surface area contributed by atoms with Crippen molar-refractivity contribution in [1.82, 2.24) is 14.5 Å². The first-order valence-corrected chi connectivity index (χ1v) is 14.3. The molecular weight excluding hydrogens is 707 g/mol. The fraction of sp³-hybridized carbons (Fsp3) is 0.158. The topological polar surface area (TPSA) is 50.9 Å². The van der Waals surface area contributed by atoms with E-state index < -0.39 is 0 Å². The van der Waals surface area contributed by atoms with Crippen molar-refractivity contribution >= 4 is 32.6 Å². The van der Waals surface area contributed by atoms with Crippen LogP contribution in [0.5, 0.6) is 5.75 Å². The molecule has 43 heavy (non-hydrogen) atoms. The molecule has 0 saturated heterocycles. The Morgan fingerprint density at radius 3 is 2.28 bits per heavy atom. The third-order valence-electron chi connectivity index (χ3n) is 7.79. The van der Waals surface area contributed by atoms with Gasteiger partial charge in [-0.05, 0) is 69.1 Å². The fourth-order valence-electron chi connectivity index (χ4n) is 5.66. The van der Waals surface area contributed by atoms with E-state index in [-0.39, 0.29) is 25.9 Å². The first kappa shape index (κ1) is 30.2. The summed E-state index contributed by atoms with van der Waals surface area (Å²) in [5, 5.41) is 14.9. The van der Waals surface area contributed by atoms with E-state index in [0.29, 0.717) is 5.92 Å².